The van der Waals surface area contributed by atoms with Gasteiger partial charge in [-0.25, -0.2) is 4.79 Å². The van der Waals surface area contributed by atoms with E-state index in [1.54, 1.807) is 0 Å². The van der Waals surface area contributed by atoms with Gasteiger partial charge in [0.1, 0.15) is 6.10 Å². The normalized spacial score (nSPS) is 44.2. The van der Waals surface area contributed by atoms with E-state index in [0.717, 1.165) is 48.3 Å². The van der Waals surface area contributed by atoms with E-state index >= 15 is 0 Å². The van der Waals surface area contributed by atoms with Gasteiger partial charge in [-0.2, -0.15) is 0 Å². The molecule has 0 spiro atoms. The minimum atomic E-state index is -0.728. The summed E-state index contributed by atoms with van der Waals surface area (Å²) in [7, 11) is 0. The van der Waals surface area contributed by atoms with E-state index in [2.05, 4.69) is 0 Å². The lowest BCUT2D eigenvalue weighted by molar-refractivity contribution is -0.394. The van der Waals surface area contributed by atoms with Crippen LogP contribution < -0.4 is 0 Å². The fourth-order valence-corrected chi connectivity index (χ4v) is 7.85. The topological polar surface area (TPSA) is 113 Å². The third-order valence-electron chi connectivity index (χ3n) is 8.35. The van der Waals surface area contributed by atoms with E-state index < -0.39 is 27.2 Å². The largest absolute Gasteiger partial charge is 0.458 e. The molecule has 8 unspecified atom stereocenters. The first-order valence-electron chi connectivity index (χ1n) is 9.59. The third kappa shape index (κ3) is 1.81. The van der Waals surface area contributed by atoms with E-state index in [1.807, 2.05) is 0 Å². The molecular formula is C19H18N2O6. The maximum atomic E-state index is 12.7. The van der Waals surface area contributed by atoms with Crippen LogP contribution in [0.2, 0.25) is 0 Å². The molecule has 0 saturated heterocycles. The smallest absolute Gasteiger partial charge is 0.338 e. The van der Waals surface area contributed by atoms with Crippen molar-refractivity contribution >= 4 is 17.3 Å². The molecule has 0 radical (unpaired) electrons. The molecular weight excluding hydrogens is 352 g/mol. The van der Waals surface area contributed by atoms with Crippen molar-refractivity contribution in [2.75, 3.05) is 0 Å². The highest BCUT2D eigenvalue weighted by Gasteiger charge is 2.76. The minimum Gasteiger partial charge on any atom is -0.458 e. The van der Waals surface area contributed by atoms with Crippen LogP contribution in [0.5, 0.6) is 0 Å². The van der Waals surface area contributed by atoms with Crippen LogP contribution in [0.3, 0.4) is 0 Å². The minimum absolute atomic E-state index is 0.111. The number of carbonyl (C=O) groups excluding carboxylic acids is 1. The SMILES string of the molecule is O=C(O[C@H]1CC2C3CC4C5CC(C2C35)C41)c1cc([N+](=O)[O-])cc([N+](=O)[O-])c1. The number of nitrogens with zero attached hydrogens (tertiary/aromatic N) is 2. The van der Waals surface area contributed by atoms with Crippen LogP contribution in [0.25, 0.3) is 0 Å². The summed E-state index contributed by atoms with van der Waals surface area (Å²) in [6, 6.07) is 3.00. The molecule has 0 amide bonds. The van der Waals surface area contributed by atoms with E-state index in [9.17, 15) is 25.0 Å². The zero-order chi connectivity index (χ0) is 18.6. The molecule has 2 bridgehead atoms. The maximum Gasteiger partial charge on any atom is 0.338 e. The van der Waals surface area contributed by atoms with E-state index in [1.165, 1.54) is 12.8 Å². The summed E-state index contributed by atoms with van der Waals surface area (Å²) >= 11 is 0. The predicted molar refractivity (Wildman–Crippen MR) is 90.7 cm³/mol. The molecule has 8 heteroatoms. The van der Waals surface area contributed by atoms with Crippen LogP contribution in [0.15, 0.2) is 18.2 Å². The third-order valence-corrected chi connectivity index (χ3v) is 8.35. The Kier molecular flexibility index (Phi) is 2.79. The van der Waals surface area contributed by atoms with Gasteiger partial charge in [-0.1, -0.05) is 0 Å². The van der Waals surface area contributed by atoms with Crippen LogP contribution in [0, 0.1) is 67.6 Å². The lowest BCUT2D eigenvalue weighted by Crippen LogP contribution is -2.55. The second-order valence-electron chi connectivity index (χ2n) is 8.95. The number of ether oxygens (including phenoxy) is 1. The Morgan fingerprint density at radius 1 is 0.815 bits per heavy atom. The van der Waals surface area contributed by atoms with Gasteiger partial charge in [0.2, 0.25) is 0 Å². The predicted octanol–water partition coefficient (Wildman–Crippen LogP) is 3.20. The number of esters is 1. The van der Waals surface area contributed by atoms with Crippen LogP contribution in [-0.4, -0.2) is 21.9 Å². The quantitative estimate of drug-likeness (QED) is 0.457. The molecule has 6 rings (SSSR count). The van der Waals surface area contributed by atoms with Crippen molar-refractivity contribution in [1.82, 2.24) is 0 Å². The number of nitro benzene ring substituents is 2. The van der Waals surface area contributed by atoms with Gasteiger partial charge in [0, 0.05) is 18.1 Å². The highest BCUT2D eigenvalue weighted by molar-refractivity contribution is 5.91. The van der Waals surface area contributed by atoms with Crippen LogP contribution >= 0.6 is 0 Å². The second kappa shape index (κ2) is 4.85. The molecule has 5 saturated carbocycles. The zero-order valence-electron chi connectivity index (χ0n) is 14.4. The highest BCUT2D eigenvalue weighted by atomic mass is 16.6. The Balaban J connectivity index is 1.29. The highest BCUT2D eigenvalue weighted by Crippen LogP contribution is 2.80. The van der Waals surface area contributed by atoms with Crippen molar-refractivity contribution in [3.05, 3.63) is 44.0 Å². The van der Waals surface area contributed by atoms with Crippen LogP contribution in [0.1, 0.15) is 29.6 Å². The summed E-state index contributed by atoms with van der Waals surface area (Å²) in [4.78, 5) is 33.4. The molecule has 0 N–H and O–H groups in total. The lowest BCUT2D eigenvalue weighted by atomic mass is 9.49. The van der Waals surface area contributed by atoms with Crippen LogP contribution in [0.4, 0.5) is 11.4 Å². The molecule has 5 fully saturated rings. The Morgan fingerprint density at radius 2 is 1.33 bits per heavy atom. The first kappa shape index (κ1) is 15.5. The van der Waals surface area contributed by atoms with Gasteiger partial charge in [-0.3, -0.25) is 20.2 Å². The molecule has 140 valence electrons. The van der Waals surface area contributed by atoms with Gasteiger partial charge in [-0.05, 0) is 60.7 Å². The van der Waals surface area contributed by atoms with Gasteiger partial charge in [-0.15, -0.1) is 0 Å². The van der Waals surface area contributed by atoms with Gasteiger partial charge in [0.25, 0.3) is 11.4 Å². The van der Waals surface area contributed by atoms with E-state index in [4.69, 9.17) is 4.74 Å². The summed E-state index contributed by atoms with van der Waals surface area (Å²) in [5.41, 5.74) is -1.05. The Morgan fingerprint density at radius 3 is 1.96 bits per heavy atom. The Hall–Kier alpha value is -2.51. The first-order chi connectivity index (χ1) is 12.9. The summed E-state index contributed by atoms with van der Waals surface area (Å²) in [5, 5.41) is 22.1. The molecule has 27 heavy (non-hydrogen) atoms. The van der Waals surface area contributed by atoms with Crippen molar-refractivity contribution in [1.29, 1.82) is 0 Å². The molecule has 5 aliphatic rings. The fraction of sp³-hybridized carbons (Fsp3) is 0.632. The number of nitro groups is 2. The molecule has 5 aliphatic carbocycles. The molecule has 1 aromatic rings. The average Bonchev–Trinajstić information content (AvgIpc) is 3.15. The fourth-order valence-electron chi connectivity index (χ4n) is 7.85. The summed E-state index contributed by atoms with van der Waals surface area (Å²) in [5.74, 6) is 5.10. The van der Waals surface area contributed by atoms with Crippen molar-refractivity contribution in [2.24, 2.45) is 47.3 Å². The molecule has 1 aromatic carbocycles. The summed E-state index contributed by atoms with van der Waals surface area (Å²) in [6.07, 6.45) is 3.28. The number of carbonyl (C=O) groups is 1. The Bertz CT molecular complexity index is 881. The Labute approximate surface area is 154 Å². The van der Waals surface area contributed by atoms with Gasteiger partial charge in [0.15, 0.2) is 0 Å². The van der Waals surface area contributed by atoms with E-state index in [0.29, 0.717) is 23.7 Å². The van der Waals surface area contributed by atoms with Crippen LogP contribution in [-0.2, 0) is 4.74 Å². The number of rotatable bonds is 4. The zero-order valence-corrected chi connectivity index (χ0v) is 14.4. The number of hydrogen-bond donors (Lipinski definition) is 0. The molecule has 9 atom stereocenters. The monoisotopic (exact) mass is 370 g/mol. The number of benzene rings is 1. The van der Waals surface area contributed by atoms with Crippen molar-refractivity contribution in [3.8, 4) is 0 Å². The van der Waals surface area contributed by atoms with Gasteiger partial charge < -0.3 is 4.74 Å². The maximum absolute atomic E-state index is 12.7. The standard InChI is InChI=1S/C19H18N2O6/c22-19(7-1-8(20(23)24)3-9(2-7)21(25)26)27-15-6-13-11-4-10-12-5-14(16(10)15)18(13)17(11)12/h1-3,10-18H,4-6H2/t10?,11?,12?,13?,14?,15-,16?,17?,18?/m0/s1. The van der Waals surface area contributed by atoms with Gasteiger partial charge >= 0.3 is 5.97 Å². The number of hydrogen-bond acceptors (Lipinski definition) is 6. The van der Waals surface area contributed by atoms with Gasteiger partial charge in [0.05, 0.1) is 21.5 Å². The summed E-state index contributed by atoms with van der Waals surface area (Å²) < 4.78 is 5.84. The van der Waals surface area contributed by atoms with Crippen molar-refractivity contribution < 1.29 is 19.4 Å². The lowest BCUT2D eigenvalue weighted by Gasteiger charge is -2.56. The number of non-ortho nitro benzene ring substituents is 2. The van der Waals surface area contributed by atoms with E-state index in [-0.39, 0.29) is 11.7 Å². The second-order valence-corrected chi connectivity index (χ2v) is 8.95. The molecule has 0 aliphatic heterocycles. The van der Waals surface area contributed by atoms with Crippen molar-refractivity contribution in [3.63, 3.8) is 0 Å². The summed E-state index contributed by atoms with van der Waals surface area (Å²) in [6.45, 7) is 0. The molecule has 8 nitrogen and oxygen atoms in total. The molecule has 0 aromatic heterocycles. The van der Waals surface area contributed by atoms with Crippen molar-refractivity contribution in [2.45, 2.75) is 25.4 Å². The first-order valence-corrected chi connectivity index (χ1v) is 9.59. The molecule has 0 heterocycles. The number of fused-ring (bicyclic) bond motifs is 2. The average molecular weight is 370 g/mol.